The maximum absolute atomic E-state index is 5.81. The van der Waals surface area contributed by atoms with Crippen molar-refractivity contribution < 1.29 is 8.85 Å². The molecule has 0 amide bonds. The van der Waals surface area contributed by atoms with E-state index in [1.165, 1.54) is 32.1 Å². The van der Waals surface area contributed by atoms with Crippen LogP contribution in [0.15, 0.2) is 4.99 Å². The zero-order valence-electron chi connectivity index (χ0n) is 11.1. The summed E-state index contributed by atoms with van der Waals surface area (Å²) in [6.07, 6.45) is 10.5. The zero-order chi connectivity index (χ0) is 12.2. The van der Waals surface area contributed by atoms with Gasteiger partial charge in [0.05, 0.1) is 0 Å². The molecule has 0 spiro atoms. The first-order valence-electron chi connectivity index (χ1n) is 7.03. The molecule has 0 aromatic rings. The fourth-order valence-electron chi connectivity index (χ4n) is 1.81. The zero-order valence-corrected chi connectivity index (χ0v) is 12.1. The van der Waals surface area contributed by atoms with Crippen molar-refractivity contribution >= 4 is 15.5 Å². The van der Waals surface area contributed by atoms with Gasteiger partial charge in [-0.15, -0.1) is 0 Å². The van der Waals surface area contributed by atoms with Crippen molar-refractivity contribution in [3.63, 3.8) is 0 Å². The van der Waals surface area contributed by atoms with E-state index in [-0.39, 0.29) is 0 Å². The second kappa shape index (κ2) is 10.9. The van der Waals surface area contributed by atoms with Crippen LogP contribution in [0.5, 0.6) is 0 Å². The van der Waals surface area contributed by atoms with E-state index in [1.54, 1.807) is 0 Å². The Labute approximate surface area is 107 Å². The molecule has 99 valence electrons. The van der Waals surface area contributed by atoms with Crippen LogP contribution < -0.4 is 0 Å². The van der Waals surface area contributed by atoms with Gasteiger partial charge in [0.25, 0.3) is 0 Å². The number of hydrogen-bond donors (Lipinski definition) is 0. The Hall–Kier alpha value is -0.193. The van der Waals surface area contributed by atoms with Crippen LogP contribution in [0.3, 0.4) is 0 Å². The Morgan fingerprint density at radius 1 is 1.00 bits per heavy atom. The van der Waals surface area contributed by atoms with E-state index in [0.29, 0.717) is 0 Å². The fraction of sp³-hybridized carbons (Fsp3) is 0.923. The molecule has 0 aromatic carbocycles. The SMILES string of the molecule is CC[Si]1OCCCC=NCCCCCCCO1. The van der Waals surface area contributed by atoms with E-state index in [4.69, 9.17) is 8.85 Å². The fourth-order valence-corrected chi connectivity index (χ4v) is 3.05. The Morgan fingerprint density at radius 3 is 2.53 bits per heavy atom. The van der Waals surface area contributed by atoms with Crippen molar-refractivity contribution in [1.29, 1.82) is 0 Å². The summed E-state index contributed by atoms with van der Waals surface area (Å²) in [4.78, 5) is 4.42. The minimum atomic E-state index is -0.987. The summed E-state index contributed by atoms with van der Waals surface area (Å²) in [6, 6.07) is 1.04. The lowest BCUT2D eigenvalue weighted by Crippen LogP contribution is -2.23. The van der Waals surface area contributed by atoms with Gasteiger partial charge in [-0.1, -0.05) is 26.2 Å². The van der Waals surface area contributed by atoms with Crippen LogP contribution in [0.2, 0.25) is 6.04 Å². The van der Waals surface area contributed by atoms with E-state index in [0.717, 1.165) is 38.6 Å². The summed E-state index contributed by atoms with van der Waals surface area (Å²) in [5.74, 6) is 0. The predicted molar refractivity (Wildman–Crippen MR) is 73.8 cm³/mol. The first-order chi connectivity index (χ1) is 8.43. The first kappa shape index (κ1) is 14.9. The molecule has 0 fully saturated rings. The van der Waals surface area contributed by atoms with Crippen LogP contribution in [0, 0.1) is 0 Å². The number of aliphatic imine (C=N–C) groups is 1. The Balaban J connectivity index is 2.23. The molecule has 1 heterocycles. The van der Waals surface area contributed by atoms with Crippen molar-refractivity contribution in [3.05, 3.63) is 0 Å². The number of nitrogens with zero attached hydrogens (tertiary/aromatic N) is 1. The largest absolute Gasteiger partial charge is 0.393 e. The van der Waals surface area contributed by atoms with Crippen LogP contribution in [0.1, 0.15) is 51.9 Å². The molecule has 0 bridgehead atoms. The first-order valence-corrected chi connectivity index (χ1v) is 8.55. The molecule has 0 unspecified atom stereocenters. The van der Waals surface area contributed by atoms with Crippen LogP contribution in [-0.4, -0.2) is 35.3 Å². The van der Waals surface area contributed by atoms with Gasteiger partial charge in [-0.25, -0.2) is 0 Å². The van der Waals surface area contributed by atoms with Crippen molar-refractivity contribution in [2.24, 2.45) is 4.99 Å². The summed E-state index contributed by atoms with van der Waals surface area (Å²) in [5.41, 5.74) is 0. The van der Waals surface area contributed by atoms with Crippen molar-refractivity contribution in [2.45, 2.75) is 57.9 Å². The average molecular weight is 256 g/mol. The van der Waals surface area contributed by atoms with Gasteiger partial charge < -0.3 is 8.85 Å². The molecule has 0 aliphatic carbocycles. The Bertz CT molecular complexity index is 200. The molecular weight excluding hydrogens is 230 g/mol. The molecule has 1 rings (SSSR count). The van der Waals surface area contributed by atoms with E-state index >= 15 is 0 Å². The minimum absolute atomic E-state index is 0.828. The summed E-state index contributed by atoms with van der Waals surface area (Å²) in [6.45, 7) is 4.87. The topological polar surface area (TPSA) is 30.8 Å². The molecule has 0 saturated carbocycles. The third-order valence-corrected chi connectivity index (χ3v) is 4.48. The third kappa shape index (κ3) is 8.52. The Kier molecular flexibility index (Phi) is 9.56. The second-order valence-electron chi connectivity index (χ2n) is 4.42. The number of hydrogen-bond acceptors (Lipinski definition) is 3. The van der Waals surface area contributed by atoms with Crippen LogP contribution in [0.25, 0.3) is 0 Å². The highest BCUT2D eigenvalue weighted by Crippen LogP contribution is 2.06. The van der Waals surface area contributed by atoms with Gasteiger partial charge >= 0.3 is 9.28 Å². The lowest BCUT2D eigenvalue weighted by molar-refractivity contribution is 0.192. The molecule has 3 nitrogen and oxygen atoms in total. The molecule has 0 N–H and O–H groups in total. The molecule has 17 heavy (non-hydrogen) atoms. The standard InChI is InChI=1S/C13H26NO2Si/c1-2-17-15-12-8-5-3-4-6-10-14-11-7-9-13-16-17/h11H,2-10,12-13H2,1H3. The Morgan fingerprint density at radius 2 is 1.71 bits per heavy atom. The quantitative estimate of drug-likeness (QED) is 0.674. The van der Waals surface area contributed by atoms with Crippen LogP contribution in [-0.2, 0) is 8.85 Å². The summed E-state index contributed by atoms with van der Waals surface area (Å²) in [5, 5.41) is 0. The van der Waals surface area contributed by atoms with Gasteiger partial charge in [0.1, 0.15) is 0 Å². The van der Waals surface area contributed by atoms with Gasteiger partial charge in [-0.2, -0.15) is 0 Å². The number of rotatable bonds is 1. The van der Waals surface area contributed by atoms with E-state index in [2.05, 4.69) is 18.1 Å². The van der Waals surface area contributed by atoms with Gasteiger partial charge in [0, 0.05) is 19.8 Å². The third-order valence-electron chi connectivity index (χ3n) is 2.85. The van der Waals surface area contributed by atoms with Crippen molar-refractivity contribution in [3.8, 4) is 0 Å². The molecular formula is C13H26NO2Si. The second-order valence-corrected chi connectivity index (χ2v) is 6.45. The maximum Gasteiger partial charge on any atom is 0.384 e. The van der Waals surface area contributed by atoms with Crippen molar-refractivity contribution in [2.75, 3.05) is 19.8 Å². The lowest BCUT2D eigenvalue weighted by atomic mass is 10.1. The monoisotopic (exact) mass is 256 g/mol. The summed E-state index contributed by atoms with van der Waals surface area (Å²) in [7, 11) is -0.987. The van der Waals surface area contributed by atoms with E-state index < -0.39 is 9.28 Å². The highest BCUT2D eigenvalue weighted by atomic mass is 28.3. The highest BCUT2D eigenvalue weighted by molar-refractivity contribution is 6.44. The van der Waals surface area contributed by atoms with Gasteiger partial charge in [0.2, 0.25) is 0 Å². The maximum atomic E-state index is 5.81. The minimum Gasteiger partial charge on any atom is -0.393 e. The van der Waals surface area contributed by atoms with E-state index in [9.17, 15) is 0 Å². The highest BCUT2D eigenvalue weighted by Gasteiger charge is 2.12. The molecule has 4 heteroatoms. The van der Waals surface area contributed by atoms with Crippen LogP contribution in [0.4, 0.5) is 0 Å². The van der Waals surface area contributed by atoms with Crippen LogP contribution >= 0.6 is 0 Å². The lowest BCUT2D eigenvalue weighted by Gasteiger charge is -2.13. The van der Waals surface area contributed by atoms with Gasteiger partial charge in [0.15, 0.2) is 0 Å². The molecule has 0 aromatic heterocycles. The molecule has 0 atom stereocenters. The van der Waals surface area contributed by atoms with Crippen molar-refractivity contribution in [1.82, 2.24) is 0 Å². The normalized spacial score (nSPS) is 22.9. The predicted octanol–water partition coefficient (Wildman–Crippen LogP) is 3.34. The summed E-state index contributed by atoms with van der Waals surface area (Å²) >= 11 is 0. The average Bonchev–Trinajstić information content (AvgIpc) is 2.36. The molecule has 1 radical (unpaired) electrons. The summed E-state index contributed by atoms with van der Waals surface area (Å²) < 4.78 is 11.6. The molecule has 0 saturated heterocycles. The van der Waals surface area contributed by atoms with Gasteiger partial charge in [-0.3, -0.25) is 4.99 Å². The van der Waals surface area contributed by atoms with E-state index in [1.807, 2.05) is 0 Å². The molecule has 1 aliphatic heterocycles. The molecule has 1 aliphatic rings. The smallest absolute Gasteiger partial charge is 0.384 e. The van der Waals surface area contributed by atoms with Gasteiger partial charge in [-0.05, 0) is 37.9 Å².